The van der Waals surface area contributed by atoms with E-state index >= 15 is 0 Å². The molecule has 2 atom stereocenters. The minimum Gasteiger partial charge on any atom is -0.374 e. The van der Waals surface area contributed by atoms with E-state index in [0.717, 1.165) is 18.6 Å². The SMILES string of the molecule is COC(CCCc1cccc2cccc(F)c12)C(=O)C(C#N)C(F)(F)F. The van der Waals surface area contributed by atoms with Crippen LogP contribution in [-0.2, 0) is 16.0 Å². The third-order valence-corrected chi connectivity index (χ3v) is 4.20. The lowest BCUT2D eigenvalue weighted by molar-refractivity contribution is -0.175. The molecular weight excluding hydrogens is 350 g/mol. The molecule has 0 saturated heterocycles. The van der Waals surface area contributed by atoms with Gasteiger partial charge in [-0.15, -0.1) is 0 Å². The smallest absolute Gasteiger partial charge is 0.374 e. The fourth-order valence-corrected chi connectivity index (χ4v) is 2.92. The first kappa shape index (κ1) is 19.9. The normalized spacial score (nSPS) is 14.0. The molecule has 0 N–H and O–H groups in total. The molecule has 0 aliphatic heterocycles. The van der Waals surface area contributed by atoms with Gasteiger partial charge in [0.1, 0.15) is 11.9 Å². The molecule has 7 heteroatoms. The van der Waals surface area contributed by atoms with Crippen molar-refractivity contribution in [2.24, 2.45) is 5.92 Å². The molecule has 2 aromatic rings. The number of hydrogen-bond donors (Lipinski definition) is 0. The maximum atomic E-state index is 14.1. The lowest BCUT2D eigenvalue weighted by atomic mass is 9.94. The maximum absolute atomic E-state index is 14.1. The largest absolute Gasteiger partial charge is 0.411 e. The van der Waals surface area contributed by atoms with Crippen LogP contribution in [0.15, 0.2) is 36.4 Å². The fourth-order valence-electron chi connectivity index (χ4n) is 2.92. The van der Waals surface area contributed by atoms with Gasteiger partial charge in [-0.1, -0.05) is 30.3 Å². The lowest BCUT2D eigenvalue weighted by Gasteiger charge is -2.19. The summed E-state index contributed by atoms with van der Waals surface area (Å²) in [5, 5.41) is 9.82. The Labute approximate surface area is 148 Å². The molecule has 0 aromatic heterocycles. The van der Waals surface area contributed by atoms with Crippen molar-refractivity contribution in [1.29, 1.82) is 5.26 Å². The Morgan fingerprint density at radius 3 is 2.46 bits per heavy atom. The van der Waals surface area contributed by atoms with Crippen molar-refractivity contribution in [2.75, 3.05) is 7.11 Å². The van der Waals surface area contributed by atoms with Gasteiger partial charge in [-0.2, -0.15) is 18.4 Å². The van der Waals surface area contributed by atoms with Crippen LogP contribution in [0.2, 0.25) is 0 Å². The van der Waals surface area contributed by atoms with E-state index in [0.29, 0.717) is 23.8 Å². The van der Waals surface area contributed by atoms with Crippen molar-refractivity contribution in [3.8, 4) is 6.07 Å². The van der Waals surface area contributed by atoms with E-state index < -0.39 is 24.0 Å². The maximum Gasteiger partial charge on any atom is 0.411 e. The molecule has 0 heterocycles. The number of alkyl halides is 3. The number of nitriles is 1. The van der Waals surface area contributed by atoms with E-state index in [2.05, 4.69) is 0 Å². The molecule has 0 amide bonds. The number of methoxy groups -OCH3 is 1. The minimum atomic E-state index is -4.93. The van der Waals surface area contributed by atoms with Gasteiger partial charge in [0.15, 0.2) is 5.78 Å². The molecule has 0 aliphatic rings. The van der Waals surface area contributed by atoms with Gasteiger partial charge in [-0.05, 0) is 36.3 Å². The van der Waals surface area contributed by atoms with Gasteiger partial charge in [-0.3, -0.25) is 4.79 Å². The molecular formula is C19H17F4NO2. The van der Waals surface area contributed by atoms with Crippen molar-refractivity contribution >= 4 is 16.6 Å². The Balaban J connectivity index is 2.09. The summed E-state index contributed by atoms with van der Waals surface area (Å²) in [6, 6.07) is 11.0. The number of hydrogen-bond acceptors (Lipinski definition) is 3. The standard InChI is InChI=1S/C19H17F4NO2/c1-26-16(18(25)14(11-24)19(21,22)23)10-4-8-13-6-2-5-12-7-3-9-15(20)17(12)13/h2-3,5-7,9,14,16H,4,8,10H2,1H3. The average molecular weight is 367 g/mol. The van der Waals surface area contributed by atoms with E-state index in [1.54, 1.807) is 30.3 Å². The Kier molecular flexibility index (Phi) is 6.32. The third kappa shape index (κ3) is 4.38. The monoisotopic (exact) mass is 367 g/mol. The summed E-state index contributed by atoms with van der Waals surface area (Å²) in [5.74, 6) is -4.38. The van der Waals surface area contributed by atoms with Crippen LogP contribution < -0.4 is 0 Å². The topological polar surface area (TPSA) is 50.1 Å². The summed E-state index contributed by atoms with van der Waals surface area (Å²) >= 11 is 0. The van der Waals surface area contributed by atoms with Gasteiger partial charge in [-0.25, -0.2) is 4.39 Å². The highest BCUT2D eigenvalue weighted by atomic mass is 19.4. The van der Waals surface area contributed by atoms with E-state index in [-0.39, 0.29) is 12.2 Å². The predicted octanol–water partition coefficient (Wildman–Crippen LogP) is 4.59. The number of carbonyl (C=O) groups excluding carboxylic acids is 1. The van der Waals surface area contributed by atoms with Crippen molar-refractivity contribution in [3.05, 3.63) is 47.8 Å². The van der Waals surface area contributed by atoms with E-state index in [1.807, 2.05) is 0 Å². The molecule has 0 saturated carbocycles. The Bertz CT molecular complexity index is 821. The second kappa shape index (κ2) is 8.28. The number of halogens is 4. The van der Waals surface area contributed by atoms with Gasteiger partial charge in [0, 0.05) is 12.5 Å². The number of carbonyl (C=O) groups is 1. The summed E-state index contributed by atoms with van der Waals surface area (Å²) in [7, 11) is 1.13. The molecule has 0 bridgehead atoms. The molecule has 138 valence electrons. The summed E-state index contributed by atoms with van der Waals surface area (Å²) in [6.07, 6.45) is -5.57. The fraction of sp³-hybridized carbons (Fsp3) is 0.368. The Hall–Kier alpha value is -2.46. The van der Waals surface area contributed by atoms with Gasteiger partial charge in [0.05, 0.1) is 6.07 Å². The first-order valence-corrected chi connectivity index (χ1v) is 7.98. The average Bonchev–Trinajstić information content (AvgIpc) is 2.58. The quantitative estimate of drug-likeness (QED) is 0.673. The number of benzene rings is 2. The second-order valence-corrected chi connectivity index (χ2v) is 5.88. The van der Waals surface area contributed by atoms with Crippen LogP contribution >= 0.6 is 0 Å². The lowest BCUT2D eigenvalue weighted by Crippen LogP contribution is -2.37. The van der Waals surface area contributed by atoms with Gasteiger partial charge in [0.2, 0.25) is 5.92 Å². The minimum absolute atomic E-state index is 0.00837. The van der Waals surface area contributed by atoms with Gasteiger partial charge in [0.25, 0.3) is 0 Å². The number of fused-ring (bicyclic) bond motifs is 1. The first-order valence-electron chi connectivity index (χ1n) is 7.98. The van der Waals surface area contributed by atoms with Crippen LogP contribution in [0.4, 0.5) is 17.6 Å². The van der Waals surface area contributed by atoms with Crippen LogP contribution in [0.1, 0.15) is 18.4 Å². The zero-order valence-corrected chi connectivity index (χ0v) is 14.0. The third-order valence-electron chi connectivity index (χ3n) is 4.20. The highest BCUT2D eigenvalue weighted by Gasteiger charge is 2.47. The number of ether oxygens (including phenoxy) is 1. The number of Topliss-reactive ketones (excluding diaryl/α,β-unsaturated/α-hetero) is 1. The molecule has 0 fully saturated rings. The zero-order valence-electron chi connectivity index (χ0n) is 14.0. The molecule has 0 aliphatic carbocycles. The molecule has 2 rings (SSSR count). The summed E-state index contributed by atoms with van der Waals surface area (Å²) in [5.41, 5.74) is 0.704. The van der Waals surface area contributed by atoms with Crippen LogP contribution in [0, 0.1) is 23.1 Å². The molecule has 2 unspecified atom stereocenters. The van der Waals surface area contributed by atoms with Crippen LogP contribution in [-0.4, -0.2) is 25.2 Å². The van der Waals surface area contributed by atoms with Gasteiger partial charge >= 0.3 is 6.18 Å². The number of nitrogens with zero attached hydrogens (tertiary/aromatic N) is 1. The molecule has 0 spiro atoms. The van der Waals surface area contributed by atoms with E-state index in [9.17, 15) is 22.4 Å². The predicted molar refractivity (Wildman–Crippen MR) is 87.8 cm³/mol. The molecule has 2 aromatic carbocycles. The highest BCUT2D eigenvalue weighted by molar-refractivity contribution is 5.88. The van der Waals surface area contributed by atoms with Crippen molar-refractivity contribution in [2.45, 2.75) is 31.5 Å². The second-order valence-electron chi connectivity index (χ2n) is 5.88. The summed E-state index contributed by atoms with van der Waals surface area (Å²) < 4.78 is 57.1. The summed E-state index contributed by atoms with van der Waals surface area (Å²) in [4.78, 5) is 11.9. The van der Waals surface area contributed by atoms with Gasteiger partial charge < -0.3 is 4.74 Å². The van der Waals surface area contributed by atoms with Crippen LogP contribution in [0.5, 0.6) is 0 Å². The van der Waals surface area contributed by atoms with E-state index in [1.165, 1.54) is 6.07 Å². The van der Waals surface area contributed by atoms with Crippen LogP contribution in [0.25, 0.3) is 10.8 Å². The molecule has 0 radical (unpaired) electrons. The number of ketones is 1. The molecule has 3 nitrogen and oxygen atoms in total. The van der Waals surface area contributed by atoms with Crippen molar-refractivity contribution < 1.29 is 27.1 Å². The number of aryl methyl sites for hydroxylation is 1. The highest BCUT2D eigenvalue weighted by Crippen LogP contribution is 2.29. The Morgan fingerprint density at radius 2 is 1.88 bits per heavy atom. The Morgan fingerprint density at radius 1 is 1.23 bits per heavy atom. The van der Waals surface area contributed by atoms with Crippen molar-refractivity contribution in [3.63, 3.8) is 0 Å². The molecule has 26 heavy (non-hydrogen) atoms. The van der Waals surface area contributed by atoms with E-state index in [4.69, 9.17) is 10.00 Å². The van der Waals surface area contributed by atoms with Crippen molar-refractivity contribution in [1.82, 2.24) is 0 Å². The number of rotatable bonds is 7. The summed E-state index contributed by atoms with van der Waals surface area (Å²) in [6.45, 7) is 0. The zero-order chi connectivity index (χ0) is 19.3. The van der Waals surface area contributed by atoms with Crippen LogP contribution in [0.3, 0.4) is 0 Å². The first-order chi connectivity index (χ1) is 12.3.